The lowest BCUT2D eigenvalue weighted by Crippen LogP contribution is -2.27. The molecule has 0 radical (unpaired) electrons. The van der Waals surface area contributed by atoms with Gasteiger partial charge in [0, 0.05) is 12.2 Å². The van der Waals surface area contributed by atoms with Gasteiger partial charge in [-0.05, 0) is 30.3 Å². The van der Waals surface area contributed by atoms with Crippen molar-refractivity contribution in [2.75, 3.05) is 18.5 Å². The summed E-state index contributed by atoms with van der Waals surface area (Å²) in [5.74, 6) is -2.02. The number of sulfonamides is 1. The third kappa shape index (κ3) is 6.63. The van der Waals surface area contributed by atoms with Crippen LogP contribution in [0.25, 0.3) is 0 Å². The standard InChI is InChI=1S/C17H16ClFN2O5S/c18-14-10-12(6-7-15(14)19)21-16(22)11-26-17(23)8-9-20-27(24,25)13-4-2-1-3-5-13/h1-7,10,20H,8-9,11H2,(H,21,22). The second-order valence-corrected chi connectivity index (χ2v) is 7.47. The van der Waals surface area contributed by atoms with Crippen LogP contribution in [0.3, 0.4) is 0 Å². The first kappa shape index (κ1) is 20.8. The molecule has 0 aromatic heterocycles. The number of esters is 1. The molecule has 2 aromatic rings. The highest BCUT2D eigenvalue weighted by Gasteiger charge is 2.14. The molecule has 0 unspecified atom stereocenters. The average Bonchev–Trinajstić information content (AvgIpc) is 2.64. The number of benzene rings is 2. The Bertz CT molecular complexity index is 922. The third-order valence-corrected chi connectivity index (χ3v) is 5.01. The predicted octanol–water partition coefficient (Wildman–Crippen LogP) is 2.33. The molecule has 0 aliphatic rings. The van der Waals surface area contributed by atoms with Crippen LogP contribution in [0.1, 0.15) is 6.42 Å². The summed E-state index contributed by atoms with van der Waals surface area (Å²) in [6.07, 6.45) is -0.248. The van der Waals surface area contributed by atoms with Crippen molar-refractivity contribution < 1.29 is 27.1 Å². The Labute approximate surface area is 160 Å². The molecule has 0 bridgehead atoms. The summed E-state index contributed by atoms with van der Waals surface area (Å²) in [6, 6.07) is 11.3. The van der Waals surface area contributed by atoms with Crippen molar-refractivity contribution in [2.24, 2.45) is 0 Å². The van der Waals surface area contributed by atoms with Gasteiger partial charge in [-0.25, -0.2) is 17.5 Å². The summed E-state index contributed by atoms with van der Waals surface area (Å²) in [7, 11) is -3.72. The maximum absolute atomic E-state index is 13.0. The van der Waals surface area contributed by atoms with Gasteiger partial charge in [0.25, 0.3) is 5.91 Å². The van der Waals surface area contributed by atoms with Crippen molar-refractivity contribution >= 4 is 39.2 Å². The van der Waals surface area contributed by atoms with E-state index in [2.05, 4.69) is 10.0 Å². The lowest BCUT2D eigenvalue weighted by molar-refractivity contribution is -0.147. The highest BCUT2D eigenvalue weighted by Crippen LogP contribution is 2.19. The maximum Gasteiger partial charge on any atom is 0.307 e. The van der Waals surface area contributed by atoms with E-state index in [1.54, 1.807) is 18.2 Å². The summed E-state index contributed by atoms with van der Waals surface area (Å²) in [5.41, 5.74) is 0.248. The van der Waals surface area contributed by atoms with E-state index in [1.807, 2.05) is 0 Å². The van der Waals surface area contributed by atoms with Crippen LogP contribution in [0.15, 0.2) is 53.4 Å². The average molecular weight is 415 g/mol. The lowest BCUT2D eigenvalue weighted by atomic mass is 10.3. The number of anilines is 1. The van der Waals surface area contributed by atoms with Gasteiger partial charge in [-0.3, -0.25) is 9.59 Å². The molecule has 0 spiro atoms. The normalized spacial score (nSPS) is 11.0. The Balaban J connectivity index is 1.73. The molecule has 27 heavy (non-hydrogen) atoms. The zero-order valence-electron chi connectivity index (χ0n) is 13.9. The van der Waals surface area contributed by atoms with E-state index in [1.165, 1.54) is 24.3 Å². The summed E-state index contributed by atoms with van der Waals surface area (Å²) in [4.78, 5) is 23.4. The van der Waals surface area contributed by atoms with Gasteiger partial charge in [-0.1, -0.05) is 29.8 Å². The molecule has 0 atom stereocenters. The van der Waals surface area contributed by atoms with Gasteiger partial charge in [0.2, 0.25) is 10.0 Å². The number of hydrogen-bond acceptors (Lipinski definition) is 5. The molecule has 2 N–H and O–H groups in total. The summed E-state index contributed by atoms with van der Waals surface area (Å²) >= 11 is 5.60. The number of carbonyl (C=O) groups excluding carboxylic acids is 2. The fraction of sp³-hybridized carbons (Fsp3) is 0.176. The second kappa shape index (κ2) is 9.45. The monoisotopic (exact) mass is 414 g/mol. The number of nitrogens with one attached hydrogen (secondary N) is 2. The predicted molar refractivity (Wildman–Crippen MR) is 97.2 cm³/mol. The minimum atomic E-state index is -3.72. The molecule has 1 amide bonds. The van der Waals surface area contributed by atoms with Crippen LogP contribution in [0, 0.1) is 5.82 Å². The second-order valence-electron chi connectivity index (χ2n) is 5.30. The maximum atomic E-state index is 13.0. The number of rotatable bonds is 8. The molecule has 0 saturated carbocycles. The fourth-order valence-corrected chi connectivity index (χ4v) is 3.19. The molecular formula is C17H16ClFN2O5S. The number of carbonyl (C=O) groups is 2. The Hall–Kier alpha value is -2.49. The first-order valence-corrected chi connectivity index (χ1v) is 9.59. The van der Waals surface area contributed by atoms with Crippen molar-refractivity contribution in [1.82, 2.24) is 4.72 Å². The molecule has 0 fully saturated rings. The SMILES string of the molecule is O=C(COC(=O)CCNS(=O)(=O)c1ccccc1)Nc1ccc(F)c(Cl)c1. The molecule has 0 saturated heterocycles. The van der Waals surface area contributed by atoms with E-state index >= 15 is 0 Å². The number of ether oxygens (including phenoxy) is 1. The molecule has 0 aliphatic heterocycles. The van der Waals surface area contributed by atoms with E-state index in [0.29, 0.717) is 0 Å². The number of hydrogen-bond donors (Lipinski definition) is 2. The number of halogens is 2. The van der Waals surface area contributed by atoms with Gasteiger partial charge >= 0.3 is 5.97 Å². The summed E-state index contributed by atoms with van der Waals surface area (Å²) < 4.78 is 44.0. The van der Waals surface area contributed by atoms with E-state index in [4.69, 9.17) is 16.3 Å². The van der Waals surface area contributed by atoms with E-state index in [-0.39, 0.29) is 28.6 Å². The molecule has 0 heterocycles. The summed E-state index contributed by atoms with van der Waals surface area (Å²) in [5, 5.41) is 2.23. The molecule has 2 aromatic carbocycles. The van der Waals surface area contributed by atoms with Gasteiger partial charge in [-0.15, -0.1) is 0 Å². The molecular weight excluding hydrogens is 399 g/mol. The fourth-order valence-electron chi connectivity index (χ4n) is 1.96. The number of amides is 1. The minimum absolute atomic E-state index is 0.0794. The smallest absolute Gasteiger partial charge is 0.307 e. The summed E-state index contributed by atoms with van der Waals surface area (Å²) in [6.45, 7) is -0.746. The molecule has 7 nitrogen and oxygen atoms in total. The van der Waals surface area contributed by atoms with Crippen LogP contribution in [0.5, 0.6) is 0 Å². The Kier molecular flexibility index (Phi) is 7.28. The van der Waals surface area contributed by atoms with Gasteiger partial charge in [0.05, 0.1) is 16.3 Å². The zero-order valence-corrected chi connectivity index (χ0v) is 15.5. The van der Waals surface area contributed by atoms with Crippen LogP contribution < -0.4 is 10.0 Å². The van der Waals surface area contributed by atoms with Crippen LogP contribution in [-0.2, 0) is 24.3 Å². The Morgan fingerprint density at radius 1 is 1.11 bits per heavy atom. The minimum Gasteiger partial charge on any atom is -0.456 e. The first-order chi connectivity index (χ1) is 12.8. The third-order valence-electron chi connectivity index (χ3n) is 3.24. The molecule has 2 rings (SSSR count). The zero-order chi connectivity index (χ0) is 19.9. The van der Waals surface area contributed by atoms with Crippen LogP contribution in [0.2, 0.25) is 5.02 Å². The largest absolute Gasteiger partial charge is 0.456 e. The van der Waals surface area contributed by atoms with Crippen LogP contribution in [0.4, 0.5) is 10.1 Å². The van der Waals surface area contributed by atoms with Gasteiger partial charge in [0.15, 0.2) is 6.61 Å². The quantitative estimate of drug-likeness (QED) is 0.645. The van der Waals surface area contributed by atoms with Crippen molar-refractivity contribution in [1.29, 1.82) is 0 Å². The highest BCUT2D eigenvalue weighted by atomic mass is 35.5. The molecule has 144 valence electrons. The van der Waals surface area contributed by atoms with E-state index in [9.17, 15) is 22.4 Å². The van der Waals surface area contributed by atoms with Gasteiger partial charge in [-0.2, -0.15) is 0 Å². The first-order valence-electron chi connectivity index (χ1n) is 7.73. The topological polar surface area (TPSA) is 102 Å². The Morgan fingerprint density at radius 3 is 2.48 bits per heavy atom. The molecule has 0 aliphatic carbocycles. The van der Waals surface area contributed by atoms with Crippen molar-refractivity contribution in [3.63, 3.8) is 0 Å². The van der Waals surface area contributed by atoms with Crippen molar-refractivity contribution in [3.05, 3.63) is 59.4 Å². The van der Waals surface area contributed by atoms with E-state index < -0.39 is 34.3 Å². The Morgan fingerprint density at radius 2 is 1.81 bits per heavy atom. The lowest BCUT2D eigenvalue weighted by Gasteiger charge is -2.08. The highest BCUT2D eigenvalue weighted by molar-refractivity contribution is 7.89. The van der Waals surface area contributed by atoms with Crippen molar-refractivity contribution in [2.45, 2.75) is 11.3 Å². The van der Waals surface area contributed by atoms with E-state index in [0.717, 1.165) is 6.07 Å². The van der Waals surface area contributed by atoms with Crippen molar-refractivity contribution in [3.8, 4) is 0 Å². The molecule has 10 heteroatoms. The van der Waals surface area contributed by atoms with Crippen LogP contribution >= 0.6 is 11.6 Å². The van der Waals surface area contributed by atoms with Gasteiger partial charge in [0.1, 0.15) is 5.82 Å². The van der Waals surface area contributed by atoms with Gasteiger partial charge < -0.3 is 10.1 Å². The van der Waals surface area contributed by atoms with Crippen LogP contribution in [-0.4, -0.2) is 33.4 Å².